The van der Waals surface area contributed by atoms with Gasteiger partial charge in [0.15, 0.2) is 0 Å². The van der Waals surface area contributed by atoms with Crippen LogP contribution in [0.15, 0.2) is 24.3 Å². The number of nitrogens with one attached hydrogen (secondary N) is 3. The second-order valence-electron chi connectivity index (χ2n) is 7.63. The van der Waals surface area contributed by atoms with Gasteiger partial charge in [0.1, 0.15) is 5.92 Å². The largest absolute Gasteiger partial charge is 0.355 e. The maximum absolute atomic E-state index is 12.3. The molecule has 0 spiro atoms. The van der Waals surface area contributed by atoms with E-state index in [1.807, 2.05) is 19.1 Å². The lowest BCUT2D eigenvalue weighted by molar-refractivity contribution is -0.137. The standard InChI is InChI=1S/C21H31N3O3/c1-14(2)13-16-6-8-17(9-7-16)15(3)19(25)23-11-12-24-21(27)18-5-4-10-22-20(18)26/h6-9,14-15,18H,4-5,10-13H2,1-3H3,(H,22,26)(H,23,25)(H,24,27)/t15-,18-/m0/s1. The first-order valence-electron chi connectivity index (χ1n) is 9.80. The average Bonchev–Trinajstić information content (AvgIpc) is 2.64. The third kappa shape index (κ3) is 6.38. The molecule has 1 aromatic carbocycles. The van der Waals surface area contributed by atoms with Gasteiger partial charge in [-0.3, -0.25) is 14.4 Å². The third-order valence-electron chi connectivity index (χ3n) is 4.84. The van der Waals surface area contributed by atoms with Gasteiger partial charge < -0.3 is 16.0 Å². The Balaban J connectivity index is 1.73. The van der Waals surface area contributed by atoms with Crippen molar-refractivity contribution < 1.29 is 14.4 Å². The highest BCUT2D eigenvalue weighted by Gasteiger charge is 2.28. The Kier molecular flexibility index (Phi) is 7.82. The molecule has 27 heavy (non-hydrogen) atoms. The number of carbonyl (C=O) groups excluding carboxylic acids is 3. The van der Waals surface area contributed by atoms with Gasteiger partial charge in [0.2, 0.25) is 17.7 Å². The summed E-state index contributed by atoms with van der Waals surface area (Å²) in [5.74, 6) is -0.814. The van der Waals surface area contributed by atoms with Crippen LogP contribution in [0.2, 0.25) is 0 Å². The SMILES string of the molecule is CC(C)Cc1ccc([C@H](C)C(=O)NCCNC(=O)[C@H]2CCCNC2=O)cc1. The fourth-order valence-corrected chi connectivity index (χ4v) is 3.24. The molecule has 1 aliphatic heterocycles. The molecule has 0 radical (unpaired) electrons. The molecule has 1 saturated heterocycles. The maximum Gasteiger partial charge on any atom is 0.232 e. The van der Waals surface area contributed by atoms with Crippen molar-refractivity contribution in [2.24, 2.45) is 11.8 Å². The number of carbonyl (C=O) groups is 3. The van der Waals surface area contributed by atoms with E-state index in [9.17, 15) is 14.4 Å². The van der Waals surface area contributed by atoms with E-state index in [1.54, 1.807) is 0 Å². The Hall–Kier alpha value is -2.37. The van der Waals surface area contributed by atoms with Gasteiger partial charge in [-0.15, -0.1) is 0 Å². The van der Waals surface area contributed by atoms with Crippen LogP contribution in [0.3, 0.4) is 0 Å². The highest BCUT2D eigenvalue weighted by Crippen LogP contribution is 2.17. The number of amides is 3. The lowest BCUT2D eigenvalue weighted by Crippen LogP contribution is -2.46. The van der Waals surface area contributed by atoms with Crippen molar-refractivity contribution in [1.29, 1.82) is 0 Å². The van der Waals surface area contributed by atoms with E-state index < -0.39 is 5.92 Å². The van der Waals surface area contributed by atoms with Gasteiger partial charge >= 0.3 is 0 Å². The molecule has 0 bridgehead atoms. The average molecular weight is 373 g/mol. The summed E-state index contributed by atoms with van der Waals surface area (Å²) in [7, 11) is 0. The molecule has 0 unspecified atom stereocenters. The molecule has 1 aromatic rings. The quantitative estimate of drug-likeness (QED) is 0.479. The van der Waals surface area contributed by atoms with Crippen LogP contribution >= 0.6 is 0 Å². The number of hydrogen-bond acceptors (Lipinski definition) is 3. The van der Waals surface area contributed by atoms with E-state index >= 15 is 0 Å². The van der Waals surface area contributed by atoms with Gasteiger partial charge in [-0.05, 0) is 43.2 Å². The summed E-state index contributed by atoms with van der Waals surface area (Å²) in [5, 5.41) is 8.27. The molecule has 6 heteroatoms. The van der Waals surface area contributed by atoms with Crippen LogP contribution in [0.4, 0.5) is 0 Å². The van der Waals surface area contributed by atoms with Gasteiger partial charge in [-0.2, -0.15) is 0 Å². The number of hydrogen-bond donors (Lipinski definition) is 3. The predicted molar refractivity (Wildman–Crippen MR) is 105 cm³/mol. The Bertz CT molecular complexity index is 655. The Labute approximate surface area is 161 Å². The predicted octanol–water partition coefficient (Wildman–Crippen LogP) is 1.75. The fourth-order valence-electron chi connectivity index (χ4n) is 3.24. The molecule has 1 aliphatic rings. The number of piperidine rings is 1. The van der Waals surface area contributed by atoms with E-state index in [0.29, 0.717) is 32.0 Å². The van der Waals surface area contributed by atoms with E-state index in [1.165, 1.54) is 5.56 Å². The van der Waals surface area contributed by atoms with Crippen molar-refractivity contribution in [2.45, 2.75) is 46.0 Å². The van der Waals surface area contributed by atoms with E-state index in [2.05, 4.69) is 41.9 Å². The minimum Gasteiger partial charge on any atom is -0.355 e. The monoisotopic (exact) mass is 373 g/mol. The number of benzene rings is 1. The zero-order valence-corrected chi connectivity index (χ0v) is 16.5. The van der Waals surface area contributed by atoms with Crippen molar-refractivity contribution in [3.8, 4) is 0 Å². The molecular formula is C21H31N3O3. The second kappa shape index (κ2) is 10.1. The molecule has 6 nitrogen and oxygen atoms in total. The van der Waals surface area contributed by atoms with Gasteiger partial charge in [-0.25, -0.2) is 0 Å². The van der Waals surface area contributed by atoms with Crippen molar-refractivity contribution in [3.63, 3.8) is 0 Å². The summed E-state index contributed by atoms with van der Waals surface area (Å²) in [6.07, 6.45) is 2.42. The number of rotatable bonds is 8. The fraction of sp³-hybridized carbons (Fsp3) is 0.571. The van der Waals surface area contributed by atoms with Crippen LogP contribution in [0.25, 0.3) is 0 Å². The first-order valence-corrected chi connectivity index (χ1v) is 9.80. The van der Waals surface area contributed by atoms with Gasteiger partial charge in [0, 0.05) is 19.6 Å². The van der Waals surface area contributed by atoms with Gasteiger partial charge in [0.05, 0.1) is 5.92 Å². The Morgan fingerprint density at radius 3 is 2.41 bits per heavy atom. The Morgan fingerprint density at radius 2 is 1.78 bits per heavy atom. The molecular weight excluding hydrogens is 342 g/mol. The van der Waals surface area contributed by atoms with Crippen molar-refractivity contribution >= 4 is 17.7 Å². The third-order valence-corrected chi connectivity index (χ3v) is 4.84. The molecule has 1 heterocycles. The normalized spacial score (nSPS) is 17.9. The topological polar surface area (TPSA) is 87.3 Å². The second-order valence-corrected chi connectivity index (χ2v) is 7.63. The zero-order chi connectivity index (χ0) is 19.8. The van der Waals surface area contributed by atoms with Crippen LogP contribution in [0.5, 0.6) is 0 Å². The zero-order valence-electron chi connectivity index (χ0n) is 16.5. The first kappa shape index (κ1) is 20.9. The van der Waals surface area contributed by atoms with Crippen molar-refractivity contribution in [1.82, 2.24) is 16.0 Å². The molecule has 2 rings (SSSR count). The van der Waals surface area contributed by atoms with Gasteiger partial charge in [-0.1, -0.05) is 38.1 Å². The van der Waals surface area contributed by atoms with Crippen molar-refractivity contribution in [3.05, 3.63) is 35.4 Å². The molecule has 148 valence electrons. The van der Waals surface area contributed by atoms with Crippen LogP contribution < -0.4 is 16.0 Å². The minimum absolute atomic E-state index is 0.0729. The van der Waals surface area contributed by atoms with Crippen LogP contribution in [-0.4, -0.2) is 37.4 Å². The molecule has 0 aliphatic carbocycles. The van der Waals surface area contributed by atoms with Crippen LogP contribution in [-0.2, 0) is 20.8 Å². The summed E-state index contributed by atoms with van der Waals surface area (Å²) in [6, 6.07) is 8.17. The highest BCUT2D eigenvalue weighted by molar-refractivity contribution is 6.00. The van der Waals surface area contributed by atoms with Crippen LogP contribution in [0.1, 0.15) is 50.7 Å². The lowest BCUT2D eigenvalue weighted by Gasteiger charge is -2.21. The summed E-state index contributed by atoms with van der Waals surface area (Å²) in [5.41, 5.74) is 2.25. The summed E-state index contributed by atoms with van der Waals surface area (Å²) >= 11 is 0. The van der Waals surface area contributed by atoms with Crippen molar-refractivity contribution in [2.75, 3.05) is 19.6 Å². The summed E-state index contributed by atoms with van der Waals surface area (Å²) in [4.78, 5) is 36.0. The summed E-state index contributed by atoms with van der Waals surface area (Å²) < 4.78 is 0. The molecule has 0 saturated carbocycles. The van der Waals surface area contributed by atoms with E-state index in [4.69, 9.17) is 0 Å². The van der Waals surface area contributed by atoms with Crippen LogP contribution in [0, 0.1) is 11.8 Å². The van der Waals surface area contributed by atoms with Gasteiger partial charge in [0.25, 0.3) is 0 Å². The van der Waals surface area contributed by atoms with E-state index in [-0.39, 0.29) is 23.6 Å². The minimum atomic E-state index is -0.613. The Morgan fingerprint density at radius 1 is 1.11 bits per heavy atom. The molecule has 1 fully saturated rings. The molecule has 3 N–H and O–H groups in total. The van der Waals surface area contributed by atoms with E-state index in [0.717, 1.165) is 18.4 Å². The smallest absolute Gasteiger partial charge is 0.232 e. The molecule has 2 atom stereocenters. The molecule has 0 aromatic heterocycles. The molecule has 3 amide bonds. The maximum atomic E-state index is 12.3. The summed E-state index contributed by atoms with van der Waals surface area (Å²) in [6.45, 7) is 7.53. The first-order chi connectivity index (χ1) is 12.9. The lowest BCUT2D eigenvalue weighted by atomic mass is 9.96. The highest BCUT2D eigenvalue weighted by atomic mass is 16.2.